The molecule has 1 aromatic rings. The van der Waals surface area contributed by atoms with Gasteiger partial charge >= 0.3 is 0 Å². The van der Waals surface area contributed by atoms with Crippen molar-refractivity contribution in [3.8, 4) is 0 Å². The minimum absolute atomic E-state index is 0.372. The Morgan fingerprint density at radius 2 is 1.84 bits per heavy atom. The lowest BCUT2D eigenvalue weighted by Gasteiger charge is -2.20. The number of fused-ring (bicyclic) bond motifs is 1. The third-order valence-electron chi connectivity index (χ3n) is 3.64. The largest absolute Gasteiger partial charge is 0.309 e. The molecule has 0 atom stereocenters. The lowest BCUT2D eigenvalue weighted by Crippen LogP contribution is -2.32. The minimum Gasteiger partial charge on any atom is -0.309 e. The Hall–Kier alpha value is -1.68. The summed E-state index contributed by atoms with van der Waals surface area (Å²) in [5.74, 6) is -0.759. The van der Waals surface area contributed by atoms with Crippen LogP contribution in [0.4, 0.5) is 5.69 Å². The predicted molar refractivity (Wildman–Crippen MR) is 75.8 cm³/mol. The number of carbonyl (C=O) groups excluding carboxylic acids is 2. The molecule has 1 heterocycles. The number of benzene rings is 1. The summed E-state index contributed by atoms with van der Waals surface area (Å²) in [4.78, 5) is 27.7. The highest BCUT2D eigenvalue weighted by Crippen LogP contribution is 2.34. The first kappa shape index (κ1) is 13.7. The van der Waals surface area contributed by atoms with Crippen LogP contribution in [0.25, 0.3) is 0 Å². The Balaban J connectivity index is 2.30. The predicted octanol–water partition coefficient (Wildman–Crippen LogP) is 1.78. The molecule has 0 aromatic heterocycles. The van der Waals surface area contributed by atoms with Crippen molar-refractivity contribution in [1.82, 2.24) is 4.90 Å². The lowest BCUT2D eigenvalue weighted by molar-refractivity contribution is -0.114. The zero-order chi connectivity index (χ0) is 14.2. The summed E-state index contributed by atoms with van der Waals surface area (Å²) in [7, 11) is 4.00. The van der Waals surface area contributed by atoms with Gasteiger partial charge in [0.2, 0.25) is 0 Å². The van der Waals surface area contributed by atoms with Crippen LogP contribution in [0.3, 0.4) is 0 Å². The van der Waals surface area contributed by atoms with E-state index in [1.54, 1.807) is 11.0 Å². The van der Waals surface area contributed by atoms with Gasteiger partial charge in [-0.05, 0) is 58.1 Å². The molecule has 0 fully saturated rings. The normalized spacial score (nSPS) is 14.5. The molecule has 0 spiro atoms. The zero-order valence-corrected chi connectivity index (χ0v) is 12.0. The first-order valence-electron chi connectivity index (χ1n) is 6.54. The number of ketones is 1. The van der Waals surface area contributed by atoms with Gasteiger partial charge in [0.15, 0.2) is 0 Å². The molecule has 102 valence electrons. The van der Waals surface area contributed by atoms with Gasteiger partial charge in [0.1, 0.15) is 0 Å². The molecule has 0 radical (unpaired) electrons. The number of hydrogen-bond donors (Lipinski definition) is 0. The second-order valence-electron chi connectivity index (χ2n) is 5.35. The summed E-state index contributed by atoms with van der Waals surface area (Å²) in [5.41, 5.74) is 3.51. The molecule has 0 saturated carbocycles. The molecule has 4 heteroatoms. The molecule has 0 bridgehead atoms. The number of hydrogen-bond acceptors (Lipinski definition) is 3. The van der Waals surface area contributed by atoms with Crippen LogP contribution >= 0.6 is 0 Å². The van der Waals surface area contributed by atoms with Gasteiger partial charge in [-0.25, -0.2) is 0 Å². The fourth-order valence-corrected chi connectivity index (χ4v) is 2.43. The molecule has 0 unspecified atom stereocenters. The maximum Gasteiger partial charge on any atom is 0.299 e. The molecule has 0 aliphatic carbocycles. The van der Waals surface area contributed by atoms with Crippen molar-refractivity contribution in [3.63, 3.8) is 0 Å². The molecule has 19 heavy (non-hydrogen) atoms. The number of amides is 1. The van der Waals surface area contributed by atoms with E-state index in [9.17, 15) is 9.59 Å². The number of rotatable bonds is 4. The summed E-state index contributed by atoms with van der Waals surface area (Å²) < 4.78 is 0. The van der Waals surface area contributed by atoms with E-state index >= 15 is 0 Å². The fraction of sp³-hybridized carbons (Fsp3) is 0.467. The summed E-state index contributed by atoms with van der Waals surface area (Å²) in [6.45, 7) is 5.47. The van der Waals surface area contributed by atoms with Crippen molar-refractivity contribution in [2.24, 2.45) is 0 Å². The van der Waals surface area contributed by atoms with E-state index in [1.165, 1.54) is 0 Å². The molecule has 1 amide bonds. The second kappa shape index (κ2) is 5.13. The van der Waals surface area contributed by atoms with Gasteiger partial charge in [-0.2, -0.15) is 0 Å². The van der Waals surface area contributed by atoms with Crippen molar-refractivity contribution >= 4 is 17.4 Å². The highest BCUT2D eigenvalue weighted by atomic mass is 16.2. The van der Waals surface area contributed by atoms with Gasteiger partial charge in [0.25, 0.3) is 11.7 Å². The minimum atomic E-state index is -0.387. The van der Waals surface area contributed by atoms with Crippen LogP contribution in [0.2, 0.25) is 0 Å². The van der Waals surface area contributed by atoms with Crippen molar-refractivity contribution in [1.29, 1.82) is 0 Å². The Morgan fingerprint density at radius 1 is 1.16 bits per heavy atom. The molecular formula is C15H20N2O2. The second-order valence-corrected chi connectivity index (χ2v) is 5.35. The molecule has 4 nitrogen and oxygen atoms in total. The molecule has 1 aliphatic rings. The third kappa shape index (κ3) is 2.40. The van der Waals surface area contributed by atoms with E-state index in [0.29, 0.717) is 12.1 Å². The maximum atomic E-state index is 12.1. The van der Waals surface area contributed by atoms with Crippen LogP contribution in [0.5, 0.6) is 0 Å². The van der Waals surface area contributed by atoms with Crippen LogP contribution in [0.1, 0.15) is 27.9 Å². The van der Waals surface area contributed by atoms with Crippen molar-refractivity contribution in [2.45, 2.75) is 20.3 Å². The van der Waals surface area contributed by atoms with E-state index in [2.05, 4.69) is 4.90 Å². The Labute approximate surface area is 114 Å². The SMILES string of the molecule is Cc1ccc2c(c1C)N(CCCN(C)C)C(=O)C2=O. The number of aryl methyl sites for hydroxylation is 1. The zero-order valence-electron chi connectivity index (χ0n) is 12.0. The summed E-state index contributed by atoms with van der Waals surface area (Å²) in [6, 6.07) is 3.67. The van der Waals surface area contributed by atoms with Gasteiger partial charge in [-0.15, -0.1) is 0 Å². The van der Waals surface area contributed by atoms with Crippen molar-refractivity contribution in [3.05, 3.63) is 28.8 Å². The first-order chi connectivity index (χ1) is 8.93. The average Bonchev–Trinajstić information content (AvgIpc) is 2.59. The van der Waals surface area contributed by atoms with E-state index < -0.39 is 0 Å². The lowest BCUT2D eigenvalue weighted by atomic mass is 10.0. The van der Waals surface area contributed by atoms with Crippen molar-refractivity contribution < 1.29 is 9.59 Å². The van der Waals surface area contributed by atoms with Crippen LogP contribution in [0.15, 0.2) is 12.1 Å². The third-order valence-corrected chi connectivity index (χ3v) is 3.64. The van der Waals surface area contributed by atoms with E-state index in [4.69, 9.17) is 0 Å². The van der Waals surface area contributed by atoms with Crippen molar-refractivity contribution in [2.75, 3.05) is 32.1 Å². The van der Waals surface area contributed by atoms with Gasteiger partial charge in [-0.1, -0.05) is 6.07 Å². The molecular weight excluding hydrogens is 240 g/mol. The smallest absolute Gasteiger partial charge is 0.299 e. The molecule has 0 saturated heterocycles. The van der Waals surface area contributed by atoms with Gasteiger partial charge in [0, 0.05) is 6.54 Å². The topological polar surface area (TPSA) is 40.6 Å². The highest BCUT2D eigenvalue weighted by molar-refractivity contribution is 6.52. The van der Waals surface area contributed by atoms with E-state index in [1.807, 2.05) is 34.0 Å². The molecule has 0 N–H and O–H groups in total. The first-order valence-corrected chi connectivity index (χ1v) is 6.54. The van der Waals surface area contributed by atoms with Crippen LogP contribution in [0, 0.1) is 13.8 Å². The number of anilines is 1. The summed E-state index contributed by atoms with van der Waals surface area (Å²) >= 11 is 0. The fourth-order valence-electron chi connectivity index (χ4n) is 2.43. The number of nitrogens with zero attached hydrogens (tertiary/aromatic N) is 2. The average molecular weight is 260 g/mol. The Morgan fingerprint density at radius 3 is 2.47 bits per heavy atom. The van der Waals surface area contributed by atoms with E-state index in [0.717, 1.165) is 29.8 Å². The van der Waals surface area contributed by atoms with Crippen LogP contribution < -0.4 is 4.90 Å². The van der Waals surface area contributed by atoms with Crippen LogP contribution in [-0.2, 0) is 4.79 Å². The van der Waals surface area contributed by atoms with E-state index in [-0.39, 0.29) is 11.7 Å². The van der Waals surface area contributed by atoms with Gasteiger partial charge < -0.3 is 9.80 Å². The summed E-state index contributed by atoms with van der Waals surface area (Å²) in [5, 5.41) is 0. The molecule has 2 rings (SSSR count). The standard InChI is InChI=1S/C15H20N2O2/c1-10-6-7-12-13(11(10)2)17(15(19)14(12)18)9-5-8-16(3)4/h6-7H,5,8-9H2,1-4H3. The monoisotopic (exact) mass is 260 g/mol. The summed E-state index contributed by atoms with van der Waals surface area (Å²) in [6.07, 6.45) is 0.860. The molecule has 1 aliphatic heterocycles. The highest BCUT2D eigenvalue weighted by Gasteiger charge is 2.36. The van der Waals surface area contributed by atoms with Gasteiger partial charge in [0.05, 0.1) is 11.3 Å². The van der Waals surface area contributed by atoms with Gasteiger partial charge in [-0.3, -0.25) is 9.59 Å². The Kier molecular flexibility index (Phi) is 3.71. The molecule has 1 aromatic carbocycles. The Bertz CT molecular complexity index is 535. The maximum absolute atomic E-state index is 12.1. The number of carbonyl (C=O) groups is 2. The number of Topliss-reactive ketones (excluding diaryl/α,β-unsaturated/α-hetero) is 1. The van der Waals surface area contributed by atoms with Crippen LogP contribution in [-0.4, -0.2) is 43.8 Å². The quantitative estimate of drug-likeness (QED) is 0.775.